The van der Waals surface area contributed by atoms with Gasteiger partial charge in [0.15, 0.2) is 5.69 Å². The van der Waals surface area contributed by atoms with Gasteiger partial charge < -0.3 is 31.2 Å². The van der Waals surface area contributed by atoms with Crippen LogP contribution in [0.2, 0.25) is 0 Å². The standard InChI is InChI=1S/C25H30N6O5S/c1-30(2)16-7-5-15(6-8-16)21(24(33)28-13-14-35-3)31(17-9-11-18(36-4)12-10-17)25(34)22-19(26)20(23(27)32)29-37-22/h5-12,21H,13-14,26H2,1-4H3,(H2,27,32)(H,28,33)/t21-/m1/s1. The Hall–Kier alpha value is -4.16. The molecule has 5 N–H and O–H groups in total. The fourth-order valence-corrected chi connectivity index (χ4v) is 4.35. The first-order valence-corrected chi connectivity index (χ1v) is 12.0. The molecule has 37 heavy (non-hydrogen) atoms. The van der Waals surface area contributed by atoms with Crippen LogP contribution >= 0.6 is 11.5 Å². The molecule has 0 aliphatic carbocycles. The summed E-state index contributed by atoms with van der Waals surface area (Å²) in [4.78, 5) is 42.6. The molecular weight excluding hydrogens is 496 g/mol. The van der Waals surface area contributed by atoms with Crippen LogP contribution in [0.15, 0.2) is 48.5 Å². The Labute approximate surface area is 219 Å². The third-order valence-electron chi connectivity index (χ3n) is 5.56. The summed E-state index contributed by atoms with van der Waals surface area (Å²) in [5, 5.41) is 2.83. The lowest BCUT2D eigenvalue weighted by Crippen LogP contribution is -2.44. The van der Waals surface area contributed by atoms with Crippen LogP contribution < -0.4 is 31.3 Å². The van der Waals surface area contributed by atoms with Crippen molar-refractivity contribution in [2.24, 2.45) is 5.73 Å². The van der Waals surface area contributed by atoms with Gasteiger partial charge in [0.25, 0.3) is 11.8 Å². The largest absolute Gasteiger partial charge is 0.497 e. The maximum absolute atomic E-state index is 14.0. The summed E-state index contributed by atoms with van der Waals surface area (Å²) < 4.78 is 14.3. The highest BCUT2D eigenvalue weighted by Gasteiger charge is 2.36. The second-order valence-electron chi connectivity index (χ2n) is 8.18. The maximum Gasteiger partial charge on any atom is 0.273 e. The van der Waals surface area contributed by atoms with Crippen molar-refractivity contribution in [3.63, 3.8) is 0 Å². The van der Waals surface area contributed by atoms with E-state index in [0.29, 0.717) is 17.0 Å². The van der Waals surface area contributed by atoms with E-state index in [1.807, 2.05) is 31.1 Å². The summed E-state index contributed by atoms with van der Waals surface area (Å²) in [5.41, 5.74) is 13.0. The average Bonchev–Trinajstić information content (AvgIpc) is 3.28. The van der Waals surface area contributed by atoms with Crippen molar-refractivity contribution < 1.29 is 23.9 Å². The summed E-state index contributed by atoms with van der Waals surface area (Å²) in [6.45, 7) is 0.527. The van der Waals surface area contributed by atoms with Gasteiger partial charge in [-0.2, -0.15) is 4.37 Å². The predicted octanol–water partition coefficient (Wildman–Crippen LogP) is 2.05. The molecule has 196 valence electrons. The van der Waals surface area contributed by atoms with Crippen molar-refractivity contribution in [1.29, 1.82) is 0 Å². The number of amides is 3. The minimum atomic E-state index is -1.09. The Morgan fingerprint density at radius 3 is 2.16 bits per heavy atom. The number of anilines is 3. The molecule has 1 aromatic heterocycles. The molecule has 0 spiro atoms. The Morgan fingerprint density at radius 2 is 1.65 bits per heavy atom. The molecule has 1 heterocycles. The minimum Gasteiger partial charge on any atom is -0.497 e. The van der Waals surface area contributed by atoms with Crippen molar-refractivity contribution in [1.82, 2.24) is 9.69 Å². The van der Waals surface area contributed by atoms with Gasteiger partial charge in [0, 0.05) is 39.1 Å². The second-order valence-corrected chi connectivity index (χ2v) is 8.96. The third-order valence-corrected chi connectivity index (χ3v) is 6.41. The molecule has 0 unspecified atom stereocenters. The number of carbonyl (C=O) groups excluding carboxylic acids is 3. The second kappa shape index (κ2) is 12.2. The molecule has 12 heteroatoms. The molecule has 0 fully saturated rings. The number of rotatable bonds is 11. The van der Waals surface area contributed by atoms with E-state index in [-0.39, 0.29) is 29.4 Å². The van der Waals surface area contributed by atoms with Crippen LogP contribution in [0.4, 0.5) is 17.1 Å². The number of nitrogen functional groups attached to an aromatic ring is 1. The molecule has 3 amide bonds. The lowest BCUT2D eigenvalue weighted by Gasteiger charge is -2.31. The number of methoxy groups -OCH3 is 2. The smallest absolute Gasteiger partial charge is 0.273 e. The van der Waals surface area contributed by atoms with Gasteiger partial charge in [-0.25, -0.2) is 0 Å². The van der Waals surface area contributed by atoms with Crippen LogP contribution in [0, 0.1) is 0 Å². The molecular formula is C25H30N6O5S. The molecule has 2 aromatic carbocycles. The van der Waals surface area contributed by atoms with E-state index in [9.17, 15) is 14.4 Å². The van der Waals surface area contributed by atoms with E-state index >= 15 is 0 Å². The summed E-state index contributed by atoms with van der Waals surface area (Å²) in [7, 11) is 6.86. The van der Waals surface area contributed by atoms with Gasteiger partial charge >= 0.3 is 0 Å². The van der Waals surface area contributed by atoms with Crippen molar-refractivity contribution in [2.45, 2.75) is 6.04 Å². The number of nitrogens with two attached hydrogens (primary N) is 2. The predicted molar refractivity (Wildman–Crippen MR) is 143 cm³/mol. The van der Waals surface area contributed by atoms with Gasteiger partial charge in [-0.3, -0.25) is 19.3 Å². The van der Waals surface area contributed by atoms with Crippen LogP contribution in [-0.2, 0) is 9.53 Å². The summed E-state index contributed by atoms with van der Waals surface area (Å²) in [6.07, 6.45) is 0. The van der Waals surface area contributed by atoms with E-state index in [1.54, 1.807) is 36.4 Å². The van der Waals surface area contributed by atoms with Crippen LogP contribution in [0.3, 0.4) is 0 Å². The number of hydrogen-bond acceptors (Lipinski definition) is 9. The monoisotopic (exact) mass is 526 g/mol. The van der Waals surface area contributed by atoms with Crippen molar-refractivity contribution in [3.05, 3.63) is 64.7 Å². The van der Waals surface area contributed by atoms with Gasteiger partial charge in [-0.15, -0.1) is 0 Å². The number of ether oxygens (including phenoxy) is 2. The Balaban J connectivity index is 2.18. The van der Waals surface area contributed by atoms with E-state index in [4.69, 9.17) is 20.9 Å². The highest BCUT2D eigenvalue weighted by molar-refractivity contribution is 7.09. The average molecular weight is 527 g/mol. The zero-order chi connectivity index (χ0) is 27.1. The number of nitrogens with zero attached hydrogens (tertiary/aromatic N) is 3. The zero-order valence-electron chi connectivity index (χ0n) is 21.1. The normalized spacial score (nSPS) is 11.5. The Bertz CT molecular complexity index is 1240. The van der Waals surface area contributed by atoms with Crippen LogP contribution in [0.1, 0.15) is 31.8 Å². The van der Waals surface area contributed by atoms with Crippen LogP contribution in [0.25, 0.3) is 0 Å². The molecule has 0 aliphatic rings. The molecule has 3 aromatic rings. The van der Waals surface area contributed by atoms with E-state index in [0.717, 1.165) is 17.2 Å². The van der Waals surface area contributed by atoms with Gasteiger partial charge in [-0.05, 0) is 53.5 Å². The highest BCUT2D eigenvalue weighted by Crippen LogP contribution is 2.34. The number of carbonyl (C=O) groups is 3. The molecule has 0 aliphatic heterocycles. The Morgan fingerprint density at radius 1 is 1.03 bits per heavy atom. The lowest BCUT2D eigenvalue weighted by molar-refractivity contribution is -0.122. The lowest BCUT2D eigenvalue weighted by atomic mass is 10.0. The molecule has 3 rings (SSSR count). The van der Waals surface area contributed by atoms with Crippen molar-refractivity contribution in [3.8, 4) is 5.75 Å². The maximum atomic E-state index is 14.0. The van der Waals surface area contributed by atoms with Gasteiger partial charge in [0.05, 0.1) is 19.4 Å². The fraction of sp³-hybridized carbons (Fsp3) is 0.280. The fourth-order valence-electron chi connectivity index (χ4n) is 3.61. The van der Waals surface area contributed by atoms with Crippen molar-refractivity contribution >= 4 is 46.3 Å². The molecule has 0 radical (unpaired) electrons. The first-order chi connectivity index (χ1) is 17.7. The van der Waals surface area contributed by atoms with E-state index < -0.39 is 23.8 Å². The Kier molecular flexibility index (Phi) is 9.04. The van der Waals surface area contributed by atoms with Gasteiger partial charge in [-0.1, -0.05) is 12.1 Å². The van der Waals surface area contributed by atoms with Gasteiger partial charge in [0.2, 0.25) is 5.91 Å². The first kappa shape index (κ1) is 27.4. The highest BCUT2D eigenvalue weighted by atomic mass is 32.1. The summed E-state index contributed by atoms with van der Waals surface area (Å²) in [6, 6.07) is 12.9. The molecule has 0 bridgehead atoms. The van der Waals surface area contributed by atoms with Crippen molar-refractivity contribution in [2.75, 3.05) is 57.0 Å². The van der Waals surface area contributed by atoms with Gasteiger partial charge in [0.1, 0.15) is 16.7 Å². The number of hydrogen-bond donors (Lipinski definition) is 3. The quantitative estimate of drug-likeness (QED) is 0.321. The number of aromatic nitrogens is 1. The third kappa shape index (κ3) is 6.16. The topological polar surface area (TPSA) is 153 Å². The van der Waals surface area contributed by atoms with E-state index in [1.165, 1.54) is 19.1 Å². The number of primary amides is 1. The molecule has 0 saturated carbocycles. The molecule has 1 atom stereocenters. The zero-order valence-corrected chi connectivity index (χ0v) is 21.9. The summed E-state index contributed by atoms with van der Waals surface area (Å²) >= 11 is 0.745. The number of nitrogens with one attached hydrogen (secondary N) is 1. The molecule has 0 saturated heterocycles. The molecule has 11 nitrogen and oxygen atoms in total. The first-order valence-electron chi connectivity index (χ1n) is 11.3. The van der Waals surface area contributed by atoms with E-state index in [2.05, 4.69) is 9.69 Å². The number of benzene rings is 2. The van der Waals surface area contributed by atoms with Crippen LogP contribution in [0.5, 0.6) is 5.75 Å². The SMILES string of the molecule is COCCNC(=O)[C@@H](c1ccc(N(C)C)cc1)N(C(=O)c1snc(C(N)=O)c1N)c1ccc(OC)cc1. The minimum absolute atomic E-state index is 0.00998. The summed E-state index contributed by atoms with van der Waals surface area (Å²) in [5.74, 6) is -1.33. The van der Waals surface area contributed by atoms with Crippen LogP contribution in [-0.4, -0.2) is 63.6 Å².